The molecule has 2 aromatic rings. The zero-order valence-electron chi connectivity index (χ0n) is 11.8. The van der Waals surface area contributed by atoms with Gasteiger partial charge in [-0.25, -0.2) is 0 Å². The van der Waals surface area contributed by atoms with E-state index in [0.29, 0.717) is 28.5 Å². The molecule has 0 unspecified atom stereocenters. The van der Waals surface area contributed by atoms with Gasteiger partial charge in [0.05, 0.1) is 10.7 Å². The lowest BCUT2D eigenvalue weighted by molar-refractivity contribution is 0.100. The molecular formula is C15H15ClN4O. The van der Waals surface area contributed by atoms with Gasteiger partial charge in [0.15, 0.2) is 0 Å². The van der Waals surface area contributed by atoms with Gasteiger partial charge < -0.3 is 15.6 Å². The summed E-state index contributed by atoms with van der Waals surface area (Å²) in [5, 5.41) is 12.7. The lowest BCUT2D eigenvalue weighted by Crippen LogP contribution is -2.11. The van der Waals surface area contributed by atoms with Gasteiger partial charge >= 0.3 is 0 Å². The number of benzene rings is 1. The quantitative estimate of drug-likeness (QED) is 0.910. The summed E-state index contributed by atoms with van der Waals surface area (Å²) < 4.78 is 1.83. The highest BCUT2D eigenvalue weighted by Crippen LogP contribution is 2.24. The van der Waals surface area contributed by atoms with Crippen molar-refractivity contribution < 1.29 is 4.79 Å². The number of nitrogens with zero attached hydrogens (tertiary/aromatic N) is 2. The number of nitrogens with one attached hydrogen (secondary N) is 1. The molecule has 0 bridgehead atoms. The molecule has 0 aliphatic carbocycles. The SMILES string of the molecule is Cc1c(CNc2cc(C(N)=O)ccc2Cl)cc(C#N)n1C. The second-order valence-electron chi connectivity index (χ2n) is 4.72. The fraction of sp³-hybridized carbons (Fsp3) is 0.200. The van der Waals surface area contributed by atoms with Crippen molar-refractivity contribution in [3.8, 4) is 6.07 Å². The molecule has 0 atom stereocenters. The molecule has 1 aromatic carbocycles. The number of carbonyl (C=O) groups excluding carboxylic acids is 1. The van der Waals surface area contributed by atoms with E-state index in [0.717, 1.165) is 11.3 Å². The van der Waals surface area contributed by atoms with Gasteiger partial charge in [-0.1, -0.05) is 11.6 Å². The summed E-state index contributed by atoms with van der Waals surface area (Å²) in [5.41, 5.74) is 8.88. The molecule has 0 saturated heterocycles. The van der Waals surface area contributed by atoms with Gasteiger partial charge in [-0.05, 0) is 36.8 Å². The van der Waals surface area contributed by atoms with E-state index in [-0.39, 0.29) is 0 Å². The largest absolute Gasteiger partial charge is 0.380 e. The maximum Gasteiger partial charge on any atom is 0.248 e. The second-order valence-corrected chi connectivity index (χ2v) is 5.13. The van der Waals surface area contributed by atoms with Crippen LogP contribution in [0.15, 0.2) is 24.3 Å². The summed E-state index contributed by atoms with van der Waals surface area (Å²) in [6.07, 6.45) is 0. The molecule has 0 spiro atoms. The Kier molecular flexibility index (Phi) is 4.20. The maximum atomic E-state index is 11.2. The Morgan fingerprint density at radius 1 is 1.48 bits per heavy atom. The molecule has 108 valence electrons. The van der Waals surface area contributed by atoms with Crippen LogP contribution < -0.4 is 11.1 Å². The molecule has 1 amide bonds. The monoisotopic (exact) mass is 302 g/mol. The summed E-state index contributed by atoms with van der Waals surface area (Å²) >= 11 is 6.10. The molecule has 1 heterocycles. The van der Waals surface area contributed by atoms with Crippen LogP contribution in [0.25, 0.3) is 0 Å². The highest BCUT2D eigenvalue weighted by molar-refractivity contribution is 6.33. The van der Waals surface area contributed by atoms with E-state index in [9.17, 15) is 4.79 Å². The number of nitriles is 1. The minimum Gasteiger partial charge on any atom is -0.380 e. The van der Waals surface area contributed by atoms with Gasteiger partial charge in [-0.3, -0.25) is 4.79 Å². The average molecular weight is 303 g/mol. The van der Waals surface area contributed by atoms with E-state index in [1.54, 1.807) is 18.2 Å². The first kappa shape index (κ1) is 14.9. The molecule has 0 aliphatic rings. The minimum atomic E-state index is -0.502. The molecule has 3 N–H and O–H groups in total. The molecule has 1 aromatic heterocycles. The molecule has 0 aliphatic heterocycles. The van der Waals surface area contributed by atoms with Crippen LogP contribution in [0.5, 0.6) is 0 Å². The Hall–Kier alpha value is -2.45. The fourth-order valence-electron chi connectivity index (χ4n) is 2.05. The van der Waals surface area contributed by atoms with Crippen LogP contribution in [-0.4, -0.2) is 10.5 Å². The van der Waals surface area contributed by atoms with Gasteiger partial charge in [0.1, 0.15) is 11.8 Å². The predicted molar refractivity (Wildman–Crippen MR) is 82.2 cm³/mol. The van der Waals surface area contributed by atoms with Crippen LogP contribution in [0.4, 0.5) is 5.69 Å². The summed E-state index contributed by atoms with van der Waals surface area (Å²) in [5.74, 6) is -0.502. The summed E-state index contributed by atoms with van der Waals surface area (Å²) in [6, 6.07) is 8.79. The Morgan fingerprint density at radius 3 is 2.76 bits per heavy atom. The third-order valence-electron chi connectivity index (χ3n) is 3.47. The fourth-order valence-corrected chi connectivity index (χ4v) is 2.24. The predicted octanol–water partition coefficient (Wildman–Crippen LogP) is 2.57. The maximum absolute atomic E-state index is 11.2. The number of aromatic nitrogens is 1. The van der Waals surface area contributed by atoms with Crippen molar-refractivity contribution in [2.45, 2.75) is 13.5 Å². The number of primary amides is 1. The Balaban J connectivity index is 2.23. The van der Waals surface area contributed by atoms with Crippen molar-refractivity contribution in [2.75, 3.05) is 5.32 Å². The molecule has 5 nitrogen and oxygen atoms in total. The highest BCUT2D eigenvalue weighted by atomic mass is 35.5. The number of nitrogens with two attached hydrogens (primary N) is 1. The van der Waals surface area contributed by atoms with Crippen molar-refractivity contribution in [3.05, 3.63) is 51.8 Å². The van der Waals surface area contributed by atoms with E-state index in [1.807, 2.05) is 24.6 Å². The third-order valence-corrected chi connectivity index (χ3v) is 3.80. The van der Waals surface area contributed by atoms with Crippen LogP contribution in [0.2, 0.25) is 5.02 Å². The molecule has 0 radical (unpaired) electrons. The number of anilines is 1. The standard InChI is InChI=1S/C15H15ClN4O/c1-9-11(5-12(7-17)20(9)2)8-19-14-6-10(15(18)21)3-4-13(14)16/h3-6,19H,8H2,1-2H3,(H2,18,21). The van der Waals surface area contributed by atoms with Gasteiger partial charge in [0.2, 0.25) is 5.91 Å². The first-order valence-corrected chi connectivity index (χ1v) is 6.70. The van der Waals surface area contributed by atoms with Gasteiger partial charge in [-0.15, -0.1) is 0 Å². The van der Waals surface area contributed by atoms with E-state index >= 15 is 0 Å². The zero-order valence-corrected chi connectivity index (χ0v) is 12.5. The first-order valence-electron chi connectivity index (χ1n) is 6.32. The number of hydrogen-bond donors (Lipinski definition) is 2. The van der Waals surface area contributed by atoms with Gasteiger partial charge in [0.25, 0.3) is 0 Å². The number of carbonyl (C=O) groups is 1. The van der Waals surface area contributed by atoms with Gasteiger partial charge in [0, 0.05) is 24.8 Å². The lowest BCUT2D eigenvalue weighted by Gasteiger charge is -2.10. The number of amides is 1. The van der Waals surface area contributed by atoms with Crippen molar-refractivity contribution in [1.82, 2.24) is 4.57 Å². The molecule has 21 heavy (non-hydrogen) atoms. The first-order chi connectivity index (χ1) is 9.93. The van der Waals surface area contributed by atoms with Crippen molar-refractivity contribution >= 4 is 23.2 Å². The number of rotatable bonds is 4. The molecule has 2 rings (SSSR count). The summed E-state index contributed by atoms with van der Waals surface area (Å²) in [4.78, 5) is 11.2. The van der Waals surface area contributed by atoms with Crippen LogP contribution in [0, 0.1) is 18.3 Å². The number of halogens is 1. The second kappa shape index (κ2) is 5.90. The van der Waals surface area contributed by atoms with E-state index in [1.165, 1.54) is 0 Å². The van der Waals surface area contributed by atoms with Crippen LogP contribution >= 0.6 is 11.6 Å². The normalized spacial score (nSPS) is 10.2. The summed E-state index contributed by atoms with van der Waals surface area (Å²) in [6.45, 7) is 2.45. The minimum absolute atomic E-state index is 0.393. The van der Waals surface area contributed by atoms with Crippen molar-refractivity contribution in [2.24, 2.45) is 12.8 Å². The molecule has 0 saturated carbocycles. The van der Waals surface area contributed by atoms with Gasteiger partial charge in [-0.2, -0.15) is 5.26 Å². The van der Waals surface area contributed by atoms with E-state index in [2.05, 4.69) is 11.4 Å². The smallest absolute Gasteiger partial charge is 0.248 e. The topological polar surface area (TPSA) is 83.8 Å². The van der Waals surface area contributed by atoms with Crippen LogP contribution in [-0.2, 0) is 13.6 Å². The molecule has 0 fully saturated rings. The van der Waals surface area contributed by atoms with Crippen molar-refractivity contribution in [1.29, 1.82) is 5.26 Å². The highest BCUT2D eigenvalue weighted by Gasteiger charge is 2.10. The molecular weight excluding hydrogens is 288 g/mol. The Labute approximate surface area is 127 Å². The van der Waals surface area contributed by atoms with Crippen LogP contribution in [0.3, 0.4) is 0 Å². The van der Waals surface area contributed by atoms with E-state index < -0.39 is 5.91 Å². The van der Waals surface area contributed by atoms with E-state index in [4.69, 9.17) is 22.6 Å². The van der Waals surface area contributed by atoms with Crippen LogP contribution in [0.1, 0.15) is 27.3 Å². The lowest BCUT2D eigenvalue weighted by atomic mass is 10.2. The van der Waals surface area contributed by atoms with Crippen molar-refractivity contribution in [3.63, 3.8) is 0 Å². The average Bonchev–Trinajstić information content (AvgIpc) is 2.73. The Bertz CT molecular complexity index is 743. The summed E-state index contributed by atoms with van der Waals surface area (Å²) in [7, 11) is 1.85. The Morgan fingerprint density at radius 2 is 2.19 bits per heavy atom. The molecule has 6 heteroatoms. The third kappa shape index (κ3) is 3.01. The zero-order chi connectivity index (χ0) is 15.6. The number of hydrogen-bond acceptors (Lipinski definition) is 3.